The molecule has 0 bridgehead atoms. The number of hydrogen-bond acceptors (Lipinski definition) is 5. The van der Waals surface area contributed by atoms with Gasteiger partial charge in [-0.3, -0.25) is 0 Å². The maximum absolute atomic E-state index is 5.89. The standard InChI is InChI=1S/C17H15ClN4O/c18-14-4-1-11(2-5-14)10-23-15-7-13(9-22-17(15)20)12-3-6-16(19)21-8-12/h1-9H,10H2,(H2,19,21)(H2,20,22). The Morgan fingerprint density at radius 2 is 1.65 bits per heavy atom. The summed E-state index contributed by atoms with van der Waals surface area (Å²) < 4.78 is 5.77. The van der Waals surface area contributed by atoms with Gasteiger partial charge < -0.3 is 16.2 Å². The summed E-state index contributed by atoms with van der Waals surface area (Å²) in [6.45, 7) is 0.381. The highest BCUT2D eigenvalue weighted by atomic mass is 35.5. The van der Waals surface area contributed by atoms with Crippen molar-refractivity contribution in [2.75, 3.05) is 11.5 Å². The minimum Gasteiger partial charge on any atom is -0.485 e. The Morgan fingerprint density at radius 1 is 0.913 bits per heavy atom. The molecular formula is C17H15ClN4O. The van der Waals surface area contributed by atoms with Gasteiger partial charge in [-0.1, -0.05) is 23.7 Å². The van der Waals surface area contributed by atoms with Crippen LogP contribution in [0.25, 0.3) is 11.1 Å². The van der Waals surface area contributed by atoms with Crippen LogP contribution in [-0.2, 0) is 6.61 Å². The van der Waals surface area contributed by atoms with Crippen molar-refractivity contribution in [3.63, 3.8) is 0 Å². The molecule has 0 unspecified atom stereocenters. The molecule has 0 fully saturated rings. The number of nitrogens with zero attached hydrogens (tertiary/aromatic N) is 2. The van der Waals surface area contributed by atoms with Crippen LogP contribution >= 0.6 is 11.6 Å². The van der Waals surface area contributed by atoms with E-state index in [1.54, 1.807) is 18.5 Å². The average molecular weight is 327 g/mol. The van der Waals surface area contributed by atoms with Crippen LogP contribution in [0.3, 0.4) is 0 Å². The summed E-state index contributed by atoms with van der Waals surface area (Å²) in [6.07, 6.45) is 3.36. The van der Waals surface area contributed by atoms with E-state index in [1.165, 1.54) is 0 Å². The molecule has 4 N–H and O–H groups in total. The lowest BCUT2D eigenvalue weighted by Crippen LogP contribution is -2.01. The molecule has 1 aromatic carbocycles. The van der Waals surface area contributed by atoms with E-state index in [2.05, 4.69) is 9.97 Å². The number of pyridine rings is 2. The summed E-state index contributed by atoms with van der Waals surface area (Å²) in [6, 6.07) is 12.9. The van der Waals surface area contributed by atoms with E-state index in [-0.39, 0.29) is 0 Å². The first kappa shape index (κ1) is 15.1. The molecule has 0 saturated carbocycles. The first-order chi connectivity index (χ1) is 11.1. The first-order valence-corrected chi connectivity index (χ1v) is 7.34. The summed E-state index contributed by atoms with van der Waals surface area (Å²) in [5, 5.41) is 0.688. The predicted octanol–water partition coefficient (Wildman–Crippen LogP) is 3.54. The molecule has 0 aliphatic rings. The average Bonchev–Trinajstić information content (AvgIpc) is 2.56. The van der Waals surface area contributed by atoms with Crippen LogP contribution in [0.5, 0.6) is 5.75 Å². The van der Waals surface area contributed by atoms with Gasteiger partial charge >= 0.3 is 0 Å². The molecule has 3 rings (SSSR count). The fourth-order valence-corrected chi connectivity index (χ4v) is 2.17. The third-order valence-electron chi connectivity index (χ3n) is 3.31. The first-order valence-electron chi connectivity index (χ1n) is 6.96. The Hall–Kier alpha value is -2.79. The number of nitrogens with two attached hydrogens (primary N) is 2. The zero-order valence-electron chi connectivity index (χ0n) is 12.2. The van der Waals surface area contributed by atoms with Crippen LogP contribution in [0, 0.1) is 0 Å². The van der Waals surface area contributed by atoms with Crippen molar-refractivity contribution in [2.24, 2.45) is 0 Å². The van der Waals surface area contributed by atoms with Crippen LogP contribution < -0.4 is 16.2 Å². The van der Waals surface area contributed by atoms with E-state index in [1.807, 2.05) is 36.4 Å². The maximum Gasteiger partial charge on any atom is 0.166 e. The fraction of sp³-hybridized carbons (Fsp3) is 0.0588. The van der Waals surface area contributed by atoms with Gasteiger partial charge in [0, 0.05) is 28.5 Å². The van der Waals surface area contributed by atoms with Gasteiger partial charge in [-0.15, -0.1) is 0 Å². The Morgan fingerprint density at radius 3 is 2.35 bits per heavy atom. The second-order valence-corrected chi connectivity index (χ2v) is 5.43. The highest BCUT2D eigenvalue weighted by molar-refractivity contribution is 6.30. The van der Waals surface area contributed by atoms with Crippen LogP contribution in [0.4, 0.5) is 11.6 Å². The highest BCUT2D eigenvalue weighted by Crippen LogP contribution is 2.27. The van der Waals surface area contributed by atoms with E-state index < -0.39 is 0 Å². The Bertz CT molecular complexity index is 804. The fourth-order valence-electron chi connectivity index (χ4n) is 2.05. The number of anilines is 2. The predicted molar refractivity (Wildman–Crippen MR) is 92.1 cm³/mol. The van der Waals surface area contributed by atoms with E-state index in [4.69, 9.17) is 27.8 Å². The largest absolute Gasteiger partial charge is 0.485 e. The minimum absolute atomic E-state index is 0.339. The van der Waals surface area contributed by atoms with Crippen molar-refractivity contribution in [3.05, 3.63) is 65.4 Å². The molecule has 5 nitrogen and oxygen atoms in total. The molecule has 0 radical (unpaired) electrons. The van der Waals surface area contributed by atoms with E-state index in [0.29, 0.717) is 29.0 Å². The van der Waals surface area contributed by atoms with Gasteiger partial charge in [-0.05, 0) is 35.9 Å². The van der Waals surface area contributed by atoms with E-state index >= 15 is 0 Å². The molecule has 0 amide bonds. The van der Waals surface area contributed by atoms with Crippen LogP contribution in [-0.4, -0.2) is 9.97 Å². The van der Waals surface area contributed by atoms with Crippen LogP contribution in [0.2, 0.25) is 5.02 Å². The summed E-state index contributed by atoms with van der Waals surface area (Å²) in [5.74, 6) is 1.33. The number of rotatable bonds is 4. The van der Waals surface area contributed by atoms with Gasteiger partial charge in [0.25, 0.3) is 0 Å². The van der Waals surface area contributed by atoms with Gasteiger partial charge in [0.15, 0.2) is 11.6 Å². The highest BCUT2D eigenvalue weighted by Gasteiger charge is 2.07. The van der Waals surface area contributed by atoms with E-state index in [0.717, 1.165) is 16.7 Å². The third kappa shape index (κ3) is 3.70. The molecule has 2 aromatic heterocycles. The SMILES string of the molecule is Nc1ccc(-c2cnc(N)c(OCc3ccc(Cl)cc3)c2)cn1. The van der Waals surface area contributed by atoms with Gasteiger partial charge in [-0.25, -0.2) is 9.97 Å². The number of hydrogen-bond donors (Lipinski definition) is 2. The van der Waals surface area contributed by atoms with Crippen molar-refractivity contribution in [3.8, 4) is 16.9 Å². The number of ether oxygens (including phenoxy) is 1. The van der Waals surface area contributed by atoms with Gasteiger partial charge in [0.1, 0.15) is 12.4 Å². The lowest BCUT2D eigenvalue weighted by Gasteiger charge is -2.10. The number of benzene rings is 1. The quantitative estimate of drug-likeness (QED) is 0.765. The Kier molecular flexibility index (Phi) is 4.30. The van der Waals surface area contributed by atoms with Crippen molar-refractivity contribution >= 4 is 23.2 Å². The molecule has 116 valence electrons. The maximum atomic E-state index is 5.89. The normalized spacial score (nSPS) is 10.5. The Balaban J connectivity index is 1.80. The molecule has 0 aliphatic heterocycles. The molecule has 0 saturated heterocycles. The zero-order chi connectivity index (χ0) is 16.2. The molecule has 0 atom stereocenters. The molecule has 6 heteroatoms. The summed E-state index contributed by atoms with van der Waals surface area (Å²) >= 11 is 5.87. The van der Waals surface area contributed by atoms with Gasteiger partial charge in [0.2, 0.25) is 0 Å². The van der Waals surface area contributed by atoms with Crippen LogP contribution in [0.1, 0.15) is 5.56 Å². The van der Waals surface area contributed by atoms with E-state index in [9.17, 15) is 0 Å². The Labute approximate surface area is 138 Å². The summed E-state index contributed by atoms with van der Waals surface area (Å²) in [5.41, 5.74) is 14.2. The third-order valence-corrected chi connectivity index (χ3v) is 3.56. The molecule has 0 spiro atoms. The second kappa shape index (κ2) is 6.54. The topological polar surface area (TPSA) is 87.0 Å². The van der Waals surface area contributed by atoms with Crippen molar-refractivity contribution in [1.29, 1.82) is 0 Å². The summed E-state index contributed by atoms with van der Waals surface area (Å²) in [4.78, 5) is 8.25. The minimum atomic E-state index is 0.339. The second-order valence-electron chi connectivity index (χ2n) is 4.99. The molecular weight excluding hydrogens is 312 g/mol. The van der Waals surface area contributed by atoms with Gasteiger partial charge in [0.05, 0.1) is 0 Å². The van der Waals surface area contributed by atoms with Gasteiger partial charge in [-0.2, -0.15) is 0 Å². The lowest BCUT2D eigenvalue weighted by atomic mass is 10.1. The number of nitrogen functional groups attached to an aromatic ring is 2. The molecule has 2 heterocycles. The number of halogens is 1. The number of aromatic nitrogens is 2. The molecule has 0 aliphatic carbocycles. The molecule has 3 aromatic rings. The van der Waals surface area contributed by atoms with Crippen LogP contribution in [0.15, 0.2) is 54.9 Å². The molecule has 23 heavy (non-hydrogen) atoms. The monoisotopic (exact) mass is 326 g/mol. The summed E-state index contributed by atoms with van der Waals surface area (Å²) in [7, 11) is 0. The van der Waals surface area contributed by atoms with Crippen molar-refractivity contribution in [1.82, 2.24) is 9.97 Å². The zero-order valence-corrected chi connectivity index (χ0v) is 13.0. The van der Waals surface area contributed by atoms with Crippen molar-refractivity contribution < 1.29 is 4.74 Å². The smallest absolute Gasteiger partial charge is 0.166 e. The lowest BCUT2D eigenvalue weighted by molar-refractivity contribution is 0.307. The van der Waals surface area contributed by atoms with Crippen molar-refractivity contribution in [2.45, 2.75) is 6.61 Å².